The number of halogens is 1. The van der Waals surface area contributed by atoms with Gasteiger partial charge in [0.1, 0.15) is 0 Å². The molecule has 19 heavy (non-hydrogen) atoms. The number of nitrogens with zero attached hydrogens (tertiary/aromatic N) is 1. The van der Waals surface area contributed by atoms with Crippen LogP contribution in [0.3, 0.4) is 0 Å². The minimum Gasteiger partial charge on any atom is -0.374 e. The van der Waals surface area contributed by atoms with Crippen molar-refractivity contribution in [3.63, 3.8) is 0 Å². The third kappa shape index (κ3) is 4.08. The smallest absolute Gasteiger partial charge is 0.0363 e. The second-order valence-corrected chi connectivity index (χ2v) is 5.58. The number of likely N-dealkylation sites (N-methyl/N-ethyl adjacent to an activating group) is 1. The summed E-state index contributed by atoms with van der Waals surface area (Å²) in [5.41, 5.74) is 9.36. The highest BCUT2D eigenvalue weighted by Crippen LogP contribution is 2.15. The molecule has 2 aromatic rings. The Morgan fingerprint density at radius 3 is 2.11 bits per heavy atom. The van der Waals surface area contributed by atoms with Crippen LogP contribution >= 0.6 is 15.9 Å². The first-order valence-electron chi connectivity index (χ1n) is 6.43. The molecule has 2 N–H and O–H groups in total. The molecular formula is C16H19BrN2. The zero-order valence-electron chi connectivity index (χ0n) is 11.1. The van der Waals surface area contributed by atoms with Gasteiger partial charge in [0.05, 0.1) is 0 Å². The largest absolute Gasteiger partial charge is 0.374 e. The van der Waals surface area contributed by atoms with Crippen molar-refractivity contribution in [1.82, 2.24) is 0 Å². The van der Waals surface area contributed by atoms with Crippen LogP contribution in [0.15, 0.2) is 53.0 Å². The molecule has 2 rings (SSSR count). The van der Waals surface area contributed by atoms with Crippen LogP contribution in [0.4, 0.5) is 5.69 Å². The molecule has 0 radical (unpaired) electrons. The lowest BCUT2D eigenvalue weighted by atomic mass is 10.1. The Labute approximate surface area is 123 Å². The van der Waals surface area contributed by atoms with Crippen LogP contribution in [0.5, 0.6) is 0 Å². The first-order valence-corrected chi connectivity index (χ1v) is 7.23. The van der Waals surface area contributed by atoms with Gasteiger partial charge in [-0.3, -0.25) is 0 Å². The van der Waals surface area contributed by atoms with Crippen LogP contribution in [0.1, 0.15) is 11.1 Å². The third-order valence-electron chi connectivity index (χ3n) is 3.26. The van der Waals surface area contributed by atoms with Gasteiger partial charge in [0.15, 0.2) is 0 Å². The van der Waals surface area contributed by atoms with Crippen molar-refractivity contribution < 1.29 is 0 Å². The quantitative estimate of drug-likeness (QED) is 0.912. The molecule has 0 aromatic heterocycles. The molecule has 0 saturated carbocycles. The molecule has 2 nitrogen and oxygen atoms in total. The van der Waals surface area contributed by atoms with Crippen molar-refractivity contribution in [1.29, 1.82) is 0 Å². The van der Waals surface area contributed by atoms with Gasteiger partial charge in [0.25, 0.3) is 0 Å². The molecule has 0 spiro atoms. The molecule has 0 aliphatic rings. The van der Waals surface area contributed by atoms with Crippen LogP contribution in [0.2, 0.25) is 0 Å². The van der Waals surface area contributed by atoms with Crippen LogP contribution in [-0.4, -0.2) is 13.6 Å². The Hall–Kier alpha value is -1.32. The van der Waals surface area contributed by atoms with Crippen molar-refractivity contribution in [3.8, 4) is 0 Å². The number of hydrogen-bond donors (Lipinski definition) is 1. The van der Waals surface area contributed by atoms with Crippen LogP contribution < -0.4 is 10.6 Å². The predicted octanol–water partition coefficient (Wildman–Crippen LogP) is 3.59. The Balaban J connectivity index is 1.93. The minimum atomic E-state index is 0.600. The van der Waals surface area contributed by atoms with E-state index in [4.69, 9.17) is 5.73 Å². The molecular weight excluding hydrogens is 300 g/mol. The Bertz CT molecular complexity index is 505. The van der Waals surface area contributed by atoms with Gasteiger partial charge in [-0.1, -0.05) is 40.2 Å². The van der Waals surface area contributed by atoms with E-state index in [0.717, 1.165) is 17.4 Å². The van der Waals surface area contributed by atoms with Crippen molar-refractivity contribution in [3.05, 3.63) is 64.1 Å². The van der Waals surface area contributed by atoms with E-state index >= 15 is 0 Å². The molecule has 0 atom stereocenters. The lowest BCUT2D eigenvalue weighted by Gasteiger charge is -2.19. The molecule has 0 unspecified atom stereocenters. The van der Waals surface area contributed by atoms with Gasteiger partial charge in [-0.15, -0.1) is 0 Å². The minimum absolute atomic E-state index is 0.600. The third-order valence-corrected chi connectivity index (χ3v) is 3.79. The lowest BCUT2D eigenvalue weighted by Crippen LogP contribution is -2.20. The van der Waals surface area contributed by atoms with E-state index in [2.05, 4.69) is 76.4 Å². The molecule has 2 aromatic carbocycles. The highest BCUT2D eigenvalue weighted by molar-refractivity contribution is 9.10. The second kappa shape index (κ2) is 6.73. The van der Waals surface area contributed by atoms with Crippen molar-refractivity contribution in [2.45, 2.75) is 13.0 Å². The molecule has 0 bridgehead atoms. The number of hydrogen-bond acceptors (Lipinski definition) is 2. The fourth-order valence-corrected chi connectivity index (χ4v) is 2.23. The average Bonchev–Trinajstić information content (AvgIpc) is 2.46. The van der Waals surface area contributed by atoms with E-state index in [9.17, 15) is 0 Å². The van der Waals surface area contributed by atoms with Crippen LogP contribution in [0.25, 0.3) is 0 Å². The molecule has 0 heterocycles. The maximum Gasteiger partial charge on any atom is 0.0363 e. The maximum atomic E-state index is 5.61. The van der Waals surface area contributed by atoms with Crippen molar-refractivity contribution >= 4 is 21.6 Å². The van der Waals surface area contributed by atoms with Gasteiger partial charge < -0.3 is 10.6 Å². The summed E-state index contributed by atoms with van der Waals surface area (Å²) >= 11 is 3.46. The standard InChI is InChI=1S/C16H19BrN2/c1-19(16-8-4-14(12-18)5-9-16)11-10-13-2-6-15(17)7-3-13/h2-9H,10-12,18H2,1H3. The fourth-order valence-electron chi connectivity index (χ4n) is 1.96. The van der Waals surface area contributed by atoms with E-state index < -0.39 is 0 Å². The van der Waals surface area contributed by atoms with Gasteiger partial charge >= 0.3 is 0 Å². The topological polar surface area (TPSA) is 29.3 Å². The summed E-state index contributed by atoms with van der Waals surface area (Å²) in [6.07, 6.45) is 1.04. The van der Waals surface area contributed by atoms with E-state index in [0.29, 0.717) is 6.54 Å². The van der Waals surface area contributed by atoms with E-state index in [-0.39, 0.29) is 0 Å². The molecule has 100 valence electrons. The van der Waals surface area contributed by atoms with Crippen LogP contribution in [-0.2, 0) is 13.0 Å². The molecule has 0 saturated heterocycles. The molecule has 3 heteroatoms. The van der Waals surface area contributed by atoms with Gasteiger partial charge in [-0.05, 0) is 41.8 Å². The Kier molecular flexibility index (Phi) is 5.00. The number of anilines is 1. The first kappa shape index (κ1) is 14.1. The fraction of sp³-hybridized carbons (Fsp3) is 0.250. The second-order valence-electron chi connectivity index (χ2n) is 4.67. The zero-order valence-corrected chi connectivity index (χ0v) is 12.7. The maximum absolute atomic E-state index is 5.61. The molecule has 0 amide bonds. The van der Waals surface area contributed by atoms with Gasteiger partial charge in [-0.2, -0.15) is 0 Å². The number of nitrogens with two attached hydrogens (primary N) is 1. The monoisotopic (exact) mass is 318 g/mol. The van der Waals surface area contributed by atoms with Gasteiger partial charge in [-0.25, -0.2) is 0 Å². The van der Waals surface area contributed by atoms with E-state index in [1.807, 2.05) is 0 Å². The average molecular weight is 319 g/mol. The number of rotatable bonds is 5. The summed E-state index contributed by atoms with van der Waals surface area (Å²) in [6.45, 7) is 1.60. The highest BCUT2D eigenvalue weighted by Gasteiger charge is 2.01. The SMILES string of the molecule is CN(CCc1ccc(Br)cc1)c1ccc(CN)cc1. The zero-order chi connectivity index (χ0) is 13.7. The Morgan fingerprint density at radius 1 is 0.947 bits per heavy atom. The summed E-state index contributed by atoms with van der Waals surface area (Å²) in [4.78, 5) is 2.27. The van der Waals surface area contributed by atoms with Crippen molar-refractivity contribution in [2.24, 2.45) is 5.73 Å². The molecule has 0 aliphatic carbocycles. The lowest BCUT2D eigenvalue weighted by molar-refractivity contribution is 0.876. The van der Waals surface area contributed by atoms with Gasteiger partial charge in [0, 0.05) is 30.3 Å². The van der Waals surface area contributed by atoms with Gasteiger partial charge in [0.2, 0.25) is 0 Å². The summed E-state index contributed by atoms with van der Waals surface area (Å²) in [5.74, 6) is 0. The van der Waals surface area contributed by atoms with Crippen LogP contribution in [0, 0.1) is 0 Å². The summed E-state index contributed by atoms with van der Waals surface area (Å²) in [7, 11) is 2.12. The summed E-state index contributed by atoms with van der Waals surface area (Å²) < 4.78 is 1.13. The molecule has 0 fully saturated rings. The van der Waals surface area contributed by atoms with E-state index in [1.54, 1.807) is 0 Å². The summed E-state index contributed by atoms with van der Waals surface area (Å²) in [5, 5.41) is 0. The molecule has 0 aliphatic heterocycles. The van der Waals surface area contributed by atoms with Crippen molar-refractivity contribution in [2.75, 3.05) is 18.5 Å². The van der Waals surface area contributed by atoms with E-state index in [1.165, 1.54) is 16.8 Å². The highest BCUT2D eigenvalue weighted by atomic mass is 79.9. The summed E-state index contributed by atoms with van der Waals surface area (Å²) in [6, 6.07) is 16.9. The first-order chi connectivity index (χ1) is 9.19. The Morgan fingerprint density at radius 2 is 1.53 bits per heavy atom. The number of benzene rings is 2. The normalized spacial score (nSPS) is 10.5. The predicted molar refractivity (Wildman–Crippen MR) is 85.4 cm³/mol.